The van der Waals surface area contributed by atoms with Crippen LogP contribution >= 0.6 is 22.9 Å². The zero-order valence-corrected chi connectivity index (χ0v) is 20.8. The van der Waals surface area contributed by atoms with E-state index >= 15 is 0 Å². The van der Waals surface area contributed by atoms with Gasteiger partial charge in [0, 0.05) is 66.7 Å². The maximum absolute atomic E-state index is 13.9. The highest BCUT2D eigenvalue weighted by molar-refractivity contribution is 7.11. The summed E-state index contributed by atoms with van der Waals surface area (Å²) in [5.41, 5.74) is 2.33. The molecular formula is C23H21ClF3N7OS. The highest BCUT2D eigenvalue weighted by Gasteiger charge is 2.41. The number of aromatic nitrogens is 3. The van der Waals surface area contributed by atoms with E-state index in [1.54, 1.807) is 26.4 Å². The van der Waals surface area contributed by atoms with Gasteiger partial charge in [-0.25, -0.2) is 18.9 Å². The zero-order chi connectivity index (χ0) is 25.6. The molecule has 1 N–H and O–H groups in total. The van der Waals surface area contributed by atoms with Crippen LogP contribution in [0.15, 0.2) is 52.9 Å². The number of nitrogens with zero attached hydrogens (tertiary/aromatic N) is 6. The zero-order valence-electron chi connectivity index (χ0n) is 19.2. The maximum Gasteiger partial charge on any atom is 0.333 e. The maximum atomic E-state index is 13.9. The van der Waals surface area contributed by atoms with Crippen molar-refractivity contribution in [3.63, 3.8) is 0 Å². The van der Waals surface area contributed by atoms with Crippen molar-refractivity contribution in [2.24, 2.45) is 4.99 Å². The summed E-state index contributed by atoms with van der Waals surface area (Å²) in [6, 6.07) is 2.76. The normalized spacial score (nSPS) is 19.5. The lowest BCUT2D eigenvalue weighted by Gasteiger charge is -2.32. The number of urea groups is 1. The van der Waals surface area contributed by atoms with Crippen molar-refractivity contribution < 1.29 is 18.0 Å². The third-order valence-electron chi connectivity index (χ3n) is 5.99. The molecule has 2 aliphatic rings. The van der Waals surface area contributed by atoms with E-state index in [0.29, 0.717) is 45.2 Å². The molecule has 8 nitrogen and oxygen atoms in total. The van der Waals surface area contributed by atoms with Crippen LogP contribution in [0.3, 0.4) is 0 Å². The summed E-state index contributed by atoms with van der Waals surface area (Å²) in [5, 5.41) is 9.44. The van der Waals surface area contributed by atoms with Gasteiger partial charge in [-0.15, -0.1) is 11.3 Å². The Morgan fingerprint density at radius 1 is 1.33 bits per heavy atom. The summed E-state index contributed by atoms with van der Waals surface area (Å²) in [6.45, 7) is -2.41. The number of amidine groups is 1. The van der Waals surface area contributed by atoms with E-state index in [1.165, 1.54) is 40.8 Å². The molecule has 0 aliphatic carbocycles. The molecule has 0 bridgehead atoms. The minimum atomic E-state index is -2.82. The predicted octanol–water partition coefficient (Wildman–Crippen LogP) is 4.79. The lowest BCUT2D eigenvalue weighted by molar-refractivity contribution is 0.0566. The van der Waals surface area contributed by atoms with Crippen molar-refractivity contribution in [1.29, 1.82) is 0 Å². The first-order valence-corrected chi connectivity index (χ1v) is 12.2. The number of halogens is 4. The molecule has 0 spiro atoms. The molecule has 0 radical (unpaired) electrons. The SMILES string of the molecule is CN(C)C(=O)N[C@H]1CC2=C(c3cnn(C(F)F)c3)[C@H](c3ccc(F)cc3Cl)N=C(c3nccs3)N2C1. The van der Waals surface area contributed by atoms with Crippen LogP contribution in [0, 0.1) is 5.82 Å². The van der Waals surface area contributed by atoms with E-state index in [1.807, 2.05) is 10.3 Å². The Morgan fingerprint density at radius 3 is 2.78 bits per heavy atom. The van der Waals surface area contributed by atoms with Crippen LogP contribution in [-0.2, 0) is 0 Å². The van der Waals surface area contributed by atoms with Gasteiger partial charge in [-0.1, -0.05) is 17.7 Å². The Kier molecular flexibility index (Phi) is 6.47. The Morgan fingerprint density at radius 2 is 2.14 bits per heavy atom. The van der Waals surface area contributed by atoms with Crippen molar-refractivity contribution in [3.05, 3.63) is 74.8 Å². The fourth-order valence-corrected chi connectivity index (χ4v) is 5.30. The Labute approximate surface area is 213 Å². The summed E-state index contributed by atoms with van der Waals surface area (Å²) >= 11 is 7.85. The second-order valence-electron chi connectivity index (χ2n) is 8.56. The van der Waals surface area contributed by atoms with Gasteiger partial charge in [-0.2, -0.15) is 13.9 Å². The van der Waals surface area contributed by atoms with Crippen molar-refractivity contribution >= 4 is 40.4 Å². The van der Waals surface area contributed by atoms with Gasteiger partial charge in [0.05, 0.1) is 12.2 Å². The van der Waals surface area contributed by atoms with E-state index in [9.17, 15) is 18.0 Å². The number of alkyl halides is 2. The second kappa shape index (κ2) is 9.58. The number of rotatable bonds is 5. The number of carbonyl (C=O) groups excluding carboxylic acids is 1. The lowest BCUT2D eigenvalue weighted by atomic mass is 9.90. The van der Waals surface area contributed by atoms with Crippen LogP contribution in [0.1, 0.15) is 35.1 Å². The van der Waals surface area contributed by atoms with Crippen LogP contribution in [0.4, 0.5) is 18.0 Å². The van der Waals surface area contributed by atoms with Crippen LogP contribution in [0.2, 0.25) is 5.02 Å². The molecule has 1 saturated heterocycles. The number of fused-ring (bicyclic) bond motifs is 1. The average Bonchev–Trinajstić information content (AvgIpc) is 3.58. The Bertz CT molecular complexity index is 1360. The van der Waals surface area contributed by atoms with E-state index in [0.717, 1.165) is 5.70 Å². The molecule has 13 heteroatoms. The summed E-state index contributed by atoms with van der Waals surface area (Å²) in [7, 11) is 3.30. The van der Waals surface area contributed by atoms with Crippen LogP contribution in [0.25, 0.3) is 5.57 Å². The number of carbonyl (C=O) groups is 1. The lowest BCUT2D eigenvalue weighted by Crippen LogP contribution is -2.43. The third-order valence-corrected chi connectivity index (χ3v) is 7.08. The average molecular weight is 536 g/mol. The summed E-state index contributed by atoms with van der Waals surface area (Å²) in [6.07, 6.45) is 4.68. The summed E-state index contributed by atoms with van der Waals surface area (Å²) in [5.74, 6) is 0.0642. The quantitative estimate of drug-likeness (QED) is 0.510. The molecule has 0 unspecified atom stereocenters. The first-order valence-electron chi connectivity index (χ1n) is 11.0. The molecule has 4 heterocycles. The number of aliphatic imine (C=N–C) groups is 1. The molecule has 3 aromatic rings. The number of hydrogen-bond donors (Lipinski definition) is 1. The number of benzene rings is 1. The molecule has 36 heavy (non-hydrogen) atoms. The van der Waals surface area contributed by atoms with Crippen molar-refractivity contribution in [2.75, 3.05) is 20.6 Å². The van der Waals surface area contributed by atoms with Gasteiger partial charge in [-0.05, 0) is 17.7 Å². The minimum absolute atomic E-state index is 0.158. The summed E-state index contributed by atoms with van der Waals surface area (Å²) in [4.78, 5) is 25.2. The van der Waals surface area contributed by atoms with Crippen LogP contribution in [0.5, 0.6) is 0 Å². The topological polar surface area (TPSA) is 78.6 Å². The van der Waals surface area contributed by atoms with E-state index in [2.05, 4.69) is 15.4 Å². The van der Waals surface area contributed by atoms with E-state index in [4.69, 9.17) is 16.6 Å². The van der Waals surface area contributed by atoms with Gasteiger partial charge in [0.25, 0.3) is 0 Å². The number of nitrogens with one attached hydrogen (secondary N) is 1. The van der Waals surface area contributed by atoms with Gasteiger partial charge in [-0.3, -0.25) is 4.99 Å². The molecule has 2 aromatic heterocycles. The van der Waals surface area contributed by atoms with Crippen LogP contribution < -0.4 is 5.32 Å². The fraction of sp³-hybridized carbons (Fsp3) is 0.304. The number of amides is 2. The molecule has 5 rings (SSSR count). The molecule has 2 amide bonds. The molecular weight excluding hydrogens is 515 g/mol. The van der Waals surface area contributed by atoms with Crippen molar-refractivity contribution in [3.8, 4) is 0 Å². The Hall–Kier alpha value is -3.38. The fourth-order valence-electron chi connectivity index (χ4n) is 4.38. The highest BCUT2D eigenvalue weighted by Crippen LogP contribution is 2.46. The smallest absolute Gasteiger partial charge is 0.333 e. The minimum Gasteiger partial charge on any atom is -0.333 e. The number of hydrogen-bond acceptors (Lipinski definition) is 6. The molecule has 2 aliphatic heterocycles. The van der Waals surface area contributed by atoms with Gasteiger partial charge in [0.1, 0.15) is 11.9 Å². The molecule has 1 fully saturated rings. The van der Waals surface area contributed by atoms with Gasteiger partial charge in [0.15, 0.2) is 10.8 Å². The Balaban J connectivity index is 1.69. The first kappa shape index (κ1) is 24.3. The van der Waals surface area contributed by atoms with E-state index in [-0.39, 0.29) is 17.1 Å². The molecule has 1 aromatic carbocycles. The predicted molar refractivity (Wildman–Crippen MR) is 131 cm³/mol. The highest BCUT2D eigenvalue weighted by atomic mass is 35.5. The summed E-state index contributed by atoms with van der Waals surface area (Å²) < 4.78 is 41.3. The molecule has 2 atom stereocenters. The monoisotopic (exact) mass is 535 g/mol. The second-order valence-corrected chi connectivity index (χ2v) is 9.86. The van der Waals surface area contributed by atoms with Crippen LogP contribution in [-0.4, -0.2) is 63.1 Å². The van der Waals surface area contributed by atoms with Crippen molar-refractivity contribution in [1.82, 2.24) is 29.9 Å². The first-order chi connectivity index (χ1) is 17.2. The van der Waals surface area contributed by atoms with Crippen molar-refractivity contribution in [2.45, 2.75) is 25.1 Å². The van der Waals surface area contributed by atoms with Gasteiger partial charge >= 0.3 is 12.6 Å². The standard InChI is InChI=1S/C23H21ClF3N7OS/c1-32(2)23(35)30-14-8-17-18(12-9-29-34(10-12)22(26)27)19(15-4-3-13(25)7-16(15)24)31-20(33(17)11-14)21-28-5-6-36-21/h3-7,9-10,14,19,22H,8,11H2,1-2H3,(H,30,35)/t14-,19-/m0/s1. The van der Waals surface area contributed by atoms with E-state index < -0.39 is 18.4 Å². The molecule has 188 valence electrons. The third kappa shape index (κ3) is 4.46. The molecule has 0 saturated carbocycles. The number of thiazole rings is 1. The van der Waals surface area contributed by atoms with Gasteiger partial charge in [0.2, 0.25) is 0 Å². The van der Waals surface area contributed by atoms with Gasteiger partial charge < -0.3 is 15.1 Å². The largest absolute Gasteiger partial charge is 0.333 e.